The highest BCUT2D eigenvalue weighted by Crippen LogP contribution is 2.31. The quantitative estimate of drug-likeness (QED) is 0.574. The Kier molecular flexibility index (Phi) is 4.59. The van der Waals surface area contributed by atoms with E-state index in [0.717, 1.165) is 12.5 Å². The van der Waals surface area contributed by atoms with Crippen molar-refractivity contribution in [1.82, 2.24) is 0 Å². The van der Waals surface area contributed by atoms with Gasteiger partial charge in [-0.3, -0.25) is 20.2 Å². The summed E-state index contributed by atoms with van der Waals surface area (Å²) in [7, 11) is 0. The topological polar surface area (TPSA) is 89.5 Å². The molecule has 0 radical (unpaired) electrons. The van der Waals surface area contributed by atoms with Crippen LogP contribution in [-0.2, 0) is 0 Å². The van der Waals surface area contributed by atoms with E-state index in [9.17, 15) is 20.2 Å². The molecule has 0 saturated carbocycles. The Morgan fingerprint density at radius 2 is 1.83 bits per heavy atom. The molecule has 0 aliphatic carbocycles. The van der Waals surface area contributed by atoms with Crippen molar-refractivity contribution >= 4 is 17.1 Å². The monoisotopic (exact) mass is 253 g/mol. The van der Waals surface area contributed by atoms with Crippen LogP contribution in [0.3, 0.4) is 0 Å². The van der Waals surface area contributed by atoms with E-state index >= 15 is 0 Å². The minimum absolute atomic E-state index is 0.223. The van der Waals surface area contributed by atoms with E-state index in [1.54, 1.807) is 0 Å². The maximum absolute atomic E-state index is 11.0. The third-order valence-corrected chi connectivity index (χ3v) is 2.58. The van der Waals surface area contributed by atoms with Crippen LogP contribution in [-0.4, -0.2) is 22.9 Å². The zero-order chi connectivity index (χ0) is 13.7. The lowest BCUT2D eigenvalue weighted by Gasteiger charge is -2.21. The molecule has 0 N–H and O–H groups in total. The number of benzene rings is 1. The molecule has 18 heavy (non-hydrogen) atoms. The van der Waals surface area contributed by atoms with Gasteiger partial charge in [0.05, 0.1) is 15.9 Å². The fraction of sp³-hybridized carbons (Fsp3) is 0.455. The predicted octanol–water partition coefficient (Wildman–Crippen LogP) is 2.74. The average Bonchev–Trinajstić information content (AvgIpc) is 2.35. The summed E-state index contributed by atoms with van der Waals surface area (Å²) < 4.78 is 0. The van der Waals surface area contributed by atoms with Crippen molar-refractivity contribution < 1.29 is 9.85 Å². The first-order chi connectivity index (χ1) is 8.51. The Balaban J connectivity index is 3.26. The zero-order valence-electron chi connectivity index (χ0n) is 10.3. The number of nitro groups is 2. The predicted molar refractivity (Wildman–Crippen MR) is 67.9 cm³/mol. The summed E-state index contributed by atoms with van der Waals surface area (Å²) >= 11 is 0. The molecule has 7 heteroatoms. The lowest BCUT2D eigenvalue weighted by molar-refractivity contribution is -0.393. The molecular formula is C11H15N3O4. The summed E-state index contributed by atoms with van der Waals surface area (Å²) in [5.41, 5.74) is -0.0625. The second kappa shape index (κ2) is 5.95. The molecule has 98 valence electrons. The van der Waals surface area contributed by atoms with Crippen molar-refractivity contribution in [2.75, 3.05) is 18.0 Å². The fourth-order valence-corrected chi connectivity index (χ4v) is 1.76. The molecule has 0 unspecified atom stereocenters. The van der Waals surface area contributed by atoms with E-state index in [2.05, 4.69) is 0 Å². The van der Waals surface area contributed by atoms with Gasteiger partial charge < -0.3 is 4.90 Å². The number of nitro benzene ring substituents is 2. The van der Waals surface area contributed by atoms with E-state index in [1.165, 1.54) is 12.1 Å². The molecule has 1 aromatic carbocycles. The van der Waals surface area contributed by atoms with Gasteiger partial charge in [0.1, 0.15) is 5.69 Å². The molecule has 1 aromatic rings. The number of non-ortho nitro benzene ring substituents is 1. The first kappa shape index (κ1) is 13.9. The van der Waals surface area contributed by atoms with Gasteiger partial charge in [-0.2, -0.15) is 0 Å². The van der Waals surface area contributed by atoms with Crippen LogP contribution in [0.25, 0.3) is 0 Å². The highest BCUT2D eigenvalue weighted by atomic mass is 16.6. The summed E-state index contributed by atoms with van der Waals surface area (Å²) in [6.07, 6.45) is 0.849. The van der Waals surface area contributed by atoms with Gasteiger partial charge in [-0.05, 0) is 19.4 Å². The number of anilines is 1. The molecule has 0 aromatic heterocycles. The minimum atomic E-state index is -0.632. The normalized spacial score (nSPS) is 10.1. The number of rotatable bonds is 6. The van der Waals surface area contributed by atoms with Crippen molar-refractivity contribution in [2.45, 2.75) is 20.3 Å². The van der Waals surface area contributed by atoms with Crippen molar-refractivity contribution in [3.63, 3.8) is 0 Å². The molecule has 0 aliphatic heterocycles. The van der Waals surface area contributed by atoms with Crippen molar-refractivity contribution in [2.24, 2.45) is 0 Å². The summed E-state index contributed by atoms with van der Waals surface area (Å²) in [6, 6.07) is 3.74. The molecule has 0 bridgehead atoms. The van der Waals surface area contributed by atoms with Crippen molar-refractivity contribution in [3.05, 3.63) is 38.4 Å². The Hall–Kier alpha value is -2.18. The van der Waals surface area contributed by atoms with Gasteiger partial charge in [-0.1, -0.05) is 6.92 Å². The third kappa shape index (κ3) is 2.93. The standard InChI is InChI=1S/C11H15N3O4/c1-3-7-12(4-2)10-6-5-9(13(15)16)8-11(10)14(17)18/h5-6,8H,3-4,7H2,1-2H3. The second-order valence-corrected chi connectivity index (χ2v) is 3.77. The van der Waals surface area contributed by atoms with Crippen LogP contribution >= 0.6 is 0 Å². The van der Waals surface area contributed by atoms with Crippen molar-refractivity contribution in [3.8, 4) is 0 Å². The number of hydrogen-bond acceptors (Lipinski definition) is 5. The molecule has 0 spiro atoms. The maximum Gasteiger partial charge on any atom is 0.299 e. The molecule has 0 fully saturated rings. The Morgan fingerprint density at radius 3 is 2.28 bits per heavy atom. The summed E-state index contributed by atoms with van der Waals surface area (Å²) in [6.45, 7) is 5.16. The SMILES string of the molecule is CCCN(CC)c1ccc([N+](=O)[O-])cc1[N+](=O)[O-]. The van der Waals surface area contributed by atoms with Crippen LogP contribution in [0.2, 0.25) is 0 Å². The molecule has 0 heterocycles. The van der Waals surface area contributed by atoms with Gasteiger partial charge >= 0.3 is 0 Å². The minimum Gasteiger partial charge on any atom is -0.366 e. The molecule has 0 aliphatic rings. The first-order valence-electron chi connectivity index (χ1n) is 5.69. The summed E-state index contributed by atoms with van der Waals surface area (Å²) in [5.74, 6) is 0. The lowest BCUT2D eigenvalue weighted by Crippen LogP contribution is -2.24. The zero-order valence-corrected chi connectivity index (χ0v) is 10.3. The van der Waals surface area contributed by atoms with Crippen molar-refractivity contribution in [1.29, 1.82) is 0 Å². The van der Waals surface area contributed by atoms with E-state index in [0.29, 0.717) is 18.8 Å². The molecule has 0 saturated heterocycles. The lowest BCUT2D eigenvalue weighted by atomic mass is 10.2. The first-order valence-corrected chi connectivity index (χ1v) is 5.69. The Labute approximate surface area is 104 Å². The summed E-state index contributed by atoms with van der Waals surface area (Å²) in [4.78, 5) is 22.2. The molecule has 7 nitrogen and oxygen atoms in total. The Bertz CT molecular complexity index is 462. The van der Waals surface area contributed by atoms with Gasteiger partial charge in [0.25, 0.3) is 11.4 Å². The maximum atomic E-state index is 11.0. The summed E-state index contributed by atoms with van der Waals surface area (Å²) in [5, 5.41) is 21.6. The van der Waals surface area contributed by atoms with Gasteiger partial charge in [-0.15, -0.1) is 0 Å². The smallest absolute Gasteiger partial charge is 0.299 e. The number of hydrogen-bond donors (Lipinski definition) is 0. The van der Waals surface area contributed by atoms with Crippen LogP contribution in [0, 0.1) is 20.2 Å². The average molecular weight is 253 g/mol. The highest BCUT2D eigenvalue weighted by molar-refractivity contribution is 5.66. The van der Waals surface area contributed by atoms with Crippen LogP contribution in [0.5, 0.6) is 0 Å². The van der Waals surface area contributed by atoms with E-state index < -0.39 is 9.85 Å². The van der Waals surface area contributed by atoms with E-state index in [-0.39, 0.29) is 11.4 Å². The van der Waals surface area contributed by atoms with Gasteiger partial charge in [-0.25, -0.2) is 0 Å². The third-order valence-electron chi connectivity index (χ3n) is 2.58. The van der Waals surface area contributed by atoms with E-state index in [1.807, 2.05) is 18.7 Å². The van der Waals surface area contributed by atoms with Crippen LogP contribution < -0.4 is 4.90 Å². The molecule has 0 amide bonds. The molecular weight excluding hydrogens is 238 g/mol. The number of nitrogens with zero attached hydrogens (tertiary/aromatic N) is 3. The Morgan fingerprint density at radius 1 is 1.17 bits per heavy atom. The van der Waals surface area contributed by atoms with Gasteiger partial charge in [0.15, 0.2) is 0 Å². The van der Waals surface area contributed by atoms with Crippen LogP contribution in [0.1, 0.15) is 20.3 Å². The van der Waals surface area contributed by atoms with Gasteiger partial charge in [0.2, 0.25) is 0 Å². The van der Waals surface area contributed by atoms with Crippen LogP contribution in [0.15, 0.2) is 18.2 Å². The largest absolute Gasteiger partial charge is 0.366 e. The molecule has 0 atom stereocenters. The van der Waals surface area contributed by atoms with Gasteiger partial charge in [0, 0.05) is 19.2 Å². The van der Waals surface area contributed by atoms with Crippen LogP contribution in [0.4, 0.5) is 17.1 Å². The second-order valence-electron chi connectivity index (χ2n) is 3.77. The fourth-order valence-electron chi connectivity index (χ4n) is 1.76. The molecule has 1 rings (SSSR count). The van der Waals surface area contributed by atoms with E-state index in [4.69, 9.17) is 0 Å². The highest BCUT2D eigenvalue weighted by Gasteiger charge is 2.22.